The number of pyridine rings is 1. The van der Waals surface area contributed by atoms with Crippen molar-refractivity contribution in [3.8, 4) is 5.69 Å². The van der Waals surface area contributed by atoms with Gasteiger partial charge in [-0.2, -0.15) is 5.10 Å². The molecule has 30 heavy (non-hydrogen) atoms. The average Bonchev–Trinajstić information content (AvgIpc) is 3.16. The summed E-state index contributed by atoms with van der Waals surface area (Å²) in [5.74, 6) is -0.530. The van der Waals surface area contributed by atoms with Crippen LogP contribution < -0.4 is 10.9 Å². The van der Waals surface area contributed by atoms with Gasteiger partial charge in [0, 0.05) is 36.8 Å². The molecule has 2 aromatic heterocycles. The molecule has 0 aliphatic heterocycles. The van der Waals surface area contributed by atoms with E-state index in [1.54, 1.807) is 4.68 Å². The largest absolute Gasteiger partial charge is 0.351 e. The van der Waals surface area contributed by atoms with Crippen molar-refractivity contribution in [2.45, 2.75) is 33.1 Å². The van der Waals surface area contributed by atoms with E-state index in [0.717, 1.165) is 11.4 Å². The monoisotopic (exact) mass is 404 g/mol. The minimum absolute atomic E-state index is 0.0309. The lowest BCUT2D eigenvalue weighted by molar-refractivity contribution is 0.0910. The van der Waals surface area contributed by atoms with Gasteiger partial charge in [-0.25, -0.2) is 4.68 Å². The van der Waals surface area contributed by atoms with Crippen LogP contribution in [-0.4, -0.2) is 33.0 Å². The molecule has 3 aromatic rings. The van der Waals surface area contributed by atoms with E-state index >= 15 is 0 Å². The minimum Gasteiger partial charge on any atom is -0.351 e. The van der Waals surface area contributed by atoms with Crippen molar-refractivity contribution < 1.29 is 9.59 Å². The molecule has 2 heterocycles. The first-order valence-electron chi connectivity index (χ1n) is 10.00. The van der Waals surface area contributed by atoms with E-state index in [1.165, 1.54) is 6.07 Å². The van der Waals surface area contributed by atoms with Crippen LogP contribution in [0.2, 0.25) is 0 Å². The van der Waals surface area contributed by atoms with Crippen molar-refractivity contribution in [2.24, 2.45) is 5.41 Å². The first-order chi connectivity index (χ1) is 14.3. The minimum atomic E-state index is -0.487. The van der Waals surface area contributed by atoms with E-state index in [0.29, 0.717) is 37.1 Å². The topological polar surface area (TPSA) is 96.8 Å². The van der Waals surface area contributed by atoms with Crippen LogP contribution in [0.1, 0.15) is 52.4 Å². The standard InChI is InChI=1S/C23H24N4O3/c1-23(2)13-19-17(20(28)14-23)12-18(22(30)25-19)21(29)24-10-8-15-9-11-27(26-15)16-6-4-3-5-7-16/h3-7,9,11-12H,8,10,13-14H2,1-2H3,(H,24,29)(H,25,30). The molecule has 0 saturated carbocycles. The number of hydrogen-bond acceptors (Lipinski definition) is 4. The van der Waals surface area contributed by atoms with Crippen LogP contribution in [0.25, 0.3) is 5.69 Å². The fourth-order valence-corrected chi connectivity index (χ4v) is 3.82. The number of aromatic amines is 1. The summed E-state index contributed by atoms with van der Waals surface area (Å²) in [6, 6.07) is 13.1. The number of carbonyl (C=O) groups excluding carboxylic acids is 2. The Labute approximate surface area is 174 Å². The van der Waals surface area contributed by atoms with Gasteiger partial charge in [-0.1, -0.05) is 32.0 Å². The summed E-state index contributed by atoms with van der Waals surface area (Å²) < 4.78 is 1.78. The molecular weight excluding hydrogens is 380 g/mol. The Hall–Kier alpha value is -3.48. The lowest BCUT2D eigenvalue weighted by Crippen LogP contribution is -2.35. The van der Waals surface area contributed by atoms with Gasteiger partial charge in [0.25, 0.3) is 11.5 Å². The summed E-state index contributed by atoms with van der Waals surface area (Å²) in [4.78, 5) is 40.1. The number of Topliss-reactive ketones (excluding diaryl/α,β-unsaturated/α-hetero) is 1. The molecule has 1 aliphatic rings. The Bertz CT molecular complexity index is 1160. The van der Waals surface area contributed by atoms with Crippen molar-refractivity contribution in [3.63, 3.8) is 0 Å². The fraction of sp³-hybridized carbons (Fsp3) is 0.304. The number of fused-ring (bicyclic) bond motifs is 1. The summed E-state index contributed by atoms with van der Waals surface area (Å²) in [6.45, 7) is 4.32. The Kier molecular flexibility index (Phi) is 5.11. The Morgan fingerprint density at radius 2 is 1.93 bits per heavy atom. The third kappa shape index (κ3) is 4.10. The van der Waals surface area contributed by atoms with Gasteiger partial charge in [0.1, 0.15) is 5.56 Å². The number of para-hydroxylation sites is 1. The van der Waals surface area contributed by atoms with Crippen molar-refractivity contribution in [1.82, 2.24) is 20.1 Å². The second-order valence-electron chi connectivity index (χ2n) is 8.44. The Morgan fingerprint density at radius 1 is 1.17 bits per heavy atom. The van der Waals surface area contributed by atoms with Gasteiger partial charge in [0.15, 0.2) is 5.78 Å². The maximum Gasteiger partial charge on any atom is 0.261 e. The van der Waals surface area contributed by atoms with Crippen LogP contribution >= 0.6 is 0 Å². The smallest absolute Gasteiger partial charge is 0.261 e. The molecule has 0 spiro atoms. The normalized spacial score (nSPS) is 14.9. The summed E-state index contributed by atoms with van der Waals surface area (Å²) in [5.41, 5.74) is 2.16. The zero-order chi connectivity index (χ0) is 21.3. The highest BCUT2D eigenvalue weighted by Crippen LogP contribution is 2.33. The number of amides is 1. The summed E-state index contributed by atoms with van der Waals surface area (Å²) in [5, 5.41) is 7.26. The average molecular weight is 404 g/mol. The number of rotatable bonds is 5. The van der Waals surface area contributed by atoms with Gasteiger partial charge in [0.2, 0.25) is 0 Å². The van der Waals surface area contributed by atoms with Gasteiger partial charge < -0.3 is 10.3 Å². The molecule has 1 aliphatic carbocycles. The molecule has 0 atom stereocenters. The third-order valence-corrected chi connectivity index (χ3v) is 5.29. The Morgan fingerprint density at radius 3 is 2.70 bits per heavy atom. The van der Waals surface area contributed by atoms with E-state index in [9.17, 15) is 14.4 Å². The zero-order valence-corrected chi connectivity index (χ0v) is 17.1. The molecule has 154 valence electrons. The first kappa shape index (κ1) is 19.8. The van der Waals surface area contributed by atoms with Gasteiger partial charge in [-0.15, -0.1) is 0 Å². The molecule has 7 nitrogen and oxygen atoms in total. The van der Waals surface area contributed by atoms with Crippen LogP contribution in [-0.2, 0) is 12.8 Å². The van der Waals surface area contributed by atoms with Crippen LogP contribution in [0.3, 0.4) is 0 Å². The van der Waals surface area contributed by atoms with Crippen LogP contribution in [0.5, 0.6) is 0 Å². The number of aromatic nitrogens is 3. The highest BCUT2D eigenvalue weighted by atomic mass is 16.2. The molecular formula is C23H24N4O3. The third-order valence-electron chi connectivity index (χ3n) is 5.29. The maximum atomic E-state index is 12.5. The van der Waals surface area contributed by atoms with Crippen molar-refractivity contribution >= 4 is 11.7 Å². The summed E-state index contributed by atoms with van der Waals surface area (Å²) in [6.07, 6.45) is 3.40. The summed E-state index contributed by atoms with van der Waals surface area (Å²) >= 11 is 0. The predicted octanol–water partition coefficient (Wildman–Crippen LogP) is 2.69. The highest BCUT2D eigenvalue weighted by Gasteiger charge is 2.32. The number of ketones is 1. The van der Waals surface area contributed by atoms with Gasteiger partial charge in [-0.3, -0.25) is 14.4 Å². The molecule has 4 rings (SSSR count). The van der Waals surface area contributed by atoms with Gasteiger partial charge >= 0.3 is 0 Å². The second kappa shape index (κ2) is 7.74. The first-order valence-corrected chi connectivity index (χ1v) is 10.00. The molecule has 0 bridgehead atoms. The number of H-pyrrole nitrogens is 1. The number of hydrogen-bond donors (Lipinski definition) is 2. The van der Waals surface area contributed by atoms with Crippen LogP contribution in [0.4, 0.5) is 0 Å². The lowest BCUT2D eigenvalue weighted by atomic mass is 9.75. The van der Waals surface area contributed by atoms with Gasteiger partial charge in [0.05, 0.1) is 11.4 Å². The SMILES string of the molecule is CC1(C)CC(=O)c2cc(C(=O)NCCc3ccn(-c4ccccc4)n3)c(=O)[nH]c2C1. The lowest BCUT2D eigenvalue weighted by Gasteiger charge is -2.29. The van der Waals surface area contributed by atoms with E-state index < -0.39 is 11.5 Å². The van der Waals surface area contributed by atoms with Crippen molar-refractivity contribution in [3.05, 3.63) is 81.5 Å². The summed E-state index contributed by atoms with van der Waals surface area (Å²) in [7, 11) is 0. The quantitative estimate of drug-likeness (QED) is 0.683. The zero-order valence-electron chi connectivity index (χ0n) is 17.1. The maximum absolute atomic E-state index is 12.5. The molecule has 7 heteroatoms. The molecule has 1 amide bonds. The molecule has 0 radical (unpaired) electrons. The van der Waals surface area contributed by atoms with E-state index in [2.05, 4.69) is 15.4 Å². The Balaban J connectivity index is 1.42. The molecule has 0 saturated heterocycles. The molecule has 1 aromatic carbocycles. The highest BCUT2D eigenvalue weighted by molar-refractivity contribution is 6.02. The van der Waals surface area contributed by atoms with E-state index in [1.807, 2.05) is 56.4 Å². The molecule has 2 N–H and O–H groups in total. The number of carbonyl (C=O) groups is 2. The van der Waals surface area contributed by atoms with Crippen molar-refractivity contribution in [2.75, 3.05) is 6.54 Å². The van der Waals surface area contributed by atoms with Crippen LogP contribution in [0, 0.1) is 5.41 Å². The molecule has 0 fully saturated rings. The van der Waals surface area contributed by atoms with Gasteiger partial charge in [-0.05, 0) is 36.1 Å². The number of nitrogens with one attached hydrogen (secondary N) is 2. The molecule has 0 unspecified atom stereocenters. The second-order valence-corrected chi connectivity index (χ2v) is 8.44. The van der Waals surface area contributed by atoms with Crippen LogP contribution in [0.15, 0.2) is 53.5 Å². The van der Waals surface area contributed by atoms with E-state index in [-0.39, 0.29) is 16.8 Å². The van der Waals surface area contributed by atoms with Crippen molar-refractivity contribution in [1.29, 1.82) is 0 Å². The predicted molar refractivity (Wildman–Crippen MR) is 113 cm³/mol. The number of benzene rings is 1. The van der Waals surface area contributed by atoms with E-state index in [4.69, 9.17) is 0 Å². The fourth-order valence-electron chi connectivity index (χ4n) is 3.82. The number of nitrogens with zero attached hydrogens (tertiary/aromatic N) is 2.